The Balaban J connectivity index is 1.50. The maximum absolute atomic E-state index is 13.5. The van der Waals surface area contributed by atoms with E-state index in [9.17, 15) is 13.2 Å². The molecule has 4 rings (SSSR count). The monoisotopic (exact) mass is 530 g/mol. The Morgan fingerprint density at radius 2 is 1.67 bits per heavy atom. The van der Waals surface area contributed by atoms with Crippen molar-refractivity contribution in [1.82, 2.24) is 14.1 Å². The molecule has 0 spiro atoms. The highest BCUT2D eigenvalue weighted by Gasteiger charge is 2.31. The molecule has 0 saturated carbocycles. The van der Waals surface area contributed by atoms with Crippen molar-refractivity contribution >= 4 is 27.0 Å². The molecule has 1 aliphatic rings. The van der Waals surface area contributed by atoms with Crippen molar-refractivity contribution in [2.45, 2.75) is 49.7 Å². The van der Waals surface area contributed by atoms with Gasteiger partial charge in [0.2, 0.25) is 5.75 Å². The second kappa shape index (κ2) is 12.5. The largest absolute Gasteiger partial charge is 0.486 e. The number of piperazine rings is 1. The lowest BCUT2D eigenvalue weighted by molar-refractivity contribution is 0.297. The fourth-order valence-corrected chi connectivity index (χ4v) is 6.87. The molecule has 1 aromatic carbocycles. The smallest absolute Gasteiger partial charge is 0.316 e. The molecule has 0 atom stereocenters. The summed E-state index contributed by atoms with van der Waals surface area (Å²) in [6.07, 6.45) is 8.43. The number of hydrogen-bond donors (Lipinski definition) is 0. The van der Waals surface area contributed by atoms with Gasteiger partial charge in [0.25, 0.3) is 10.0 Å². The Morgan fingerprint density at radius 1 is 0.944 bits per heavy atom. The molecule has 194 valence electrons. The van der Waals surface area contributed by atoms with Crippen molar-refractivity contribution in [3.63, 3.8) is 0 Å². The number of aromatic nitrogens is 2. The van der Waals surface area contributed by atoms with Crippen molar-refractivity contribution in [2.75, 3.05) is 37.7 Å². The average Bonchev–Trinajstić information content (AvgIpc) is 3.46. The van der Waals surface area contributed by atoms with E-state index in [1.165, 1.54) is 39.6 Å². The summed E-state index contributed by atoms with van der Waals surface area (Å²) in [5.41, 5.74) is 0.981. The number of sulfonamides is 1. The summed E-state index contributed by atoms with van der Waals surface area (Å²) in [5, 5.41) is 6.19. The van der Waals surface area contributed by atoms with Crippen molar-refractivity contribution < 1.29 is 13.2 Å². The van der Waals surface area contributed by atoms with E-state index in [0.29, 0.717) is 48.4 Å². The number of thiophene rings is 1. The molecule has 0 bridgehead atoms. The number of nitrogens with zero attached hydrogens (tertiary/aromatic N) is 4. The standard InChI is InChI=1S/C26H34N4O4S2/c1-2-3-4-5-6-10-19-34-25-23(21-27-30(26(25)31)22-12-8-7-9-13-22)28-15-17-29(18-16-28)36(32,33)24-14-11-20-35-24/h7-9,11-14,20-21H,2-6,10,15-19H2,1H3. The molecule has 36 heavy (non-hydrogen) atoms. The number of benzene rings is 1. The van der Waals surface area contributed by atoms with Crippen molar-refractivity contribution in [3.05, 3.63) is 64.4 Å². The lowest BCUT2D eigenvalue weighted by Gasteiger charge is -2.35. The van der Waals surface area contributed by atoms with Gasteiger partial charge in [-0.15, -0.1) is 11.3 Å². The van der Waals surface area contributed by atoms with Gasteiger partial charge in [0.1, 0.15) is 9.90 Å². The summed E-state index contributed by atoms with van der Waals surface area (Å²) in [4.78, 5) is 15.5. The van der Waals surface area contributed by atoms with Gasteiger partial charge >= 0.3 is 5.56 Å². The van der Waals surface area contributed by atoms with E-state index in [0.717, 1.165) is 19.3 Å². The van der Waals surface area contributed by atoms with Crippen molar-refractivity contribution in [3.8, 4) is 11.4 Å². The van der Waals surface area contributed by atoms with E-state index in [-0.39, 0.29) is 11.3 Å². The molecule has 1 aliphatic heterocycles. The van der Waals surface area contributed by atoms with Crippen LogP contribution in [0.15, 0.2) is 63.0 Å². The first-order valence-corrected chi connectivity index (χ1v) is 14.9. The molecule has 1 saturated heterocycles. The number of hydrogen-bond acceptors (Lipinski definition) is 7. The van der Waals surface area contributed by atoms with Crippen LogP contribution in [0.25, 0.3) is 5.69 Å². The first-order chi connectivity index (χ1) is 17.5. The topological polar surface area (TPSA) is 84.7 Å². The first kappa shape index (κ1) is 26.4. The minimum Gasteiger partial charge on any atom is -0.486 e. The highest BCUT2D eigenvalue weighted by Crippen LogP contribution is 2.28. The van der Waals surface area contributed by atoms with Crippen LogP contribution < -0.4 is 15.2 Å². The fraction of sp³-hybridized carbons (Fsp3) is 0.462. The molecule has 8 nitrogen and oxygen atoms in total. The Labute approximate surface area is 217 Å². The van der Waals surface area contributed by atoms with Crippen LogP contribution >= 0.6 is 11.3 Å². The van der Waals surface area contributed by atoms with Gasteiger partial charge in [-0.25, -0.2) is 8.42 Å². The van der Waals surface area contributed by atoms with Crippen LogP contribution in [0.4, 0.5) is 5.69 Å². The molecule has 10 heteroatoms. The molecule has 0 aliphatic carbocycles. The lowest BCUT2D eigenvalue weighted by atomic mass is 10.1. The normalized spacial score (nSPS) is 14.8. The highest BCUT2D eigenvalue weighted by molar-refractivity contribution is 7.91. The van der Waals surface area contributed by atoms with E-state index in [4.69, 9.17) is 4.74 Å². The Morgan fingerprint density at radius 3 is 2.36 bits per heavy atom. The quantitative estimate of drug-likeness (QED) is 0.320. The van der Waals surface area contributed by atoms with Gasteiger partial charge in [0.15, 0.2) is 0 Å². The van der Waals surface area contributed by atoms with Crippen LogP contribution in [-0.4, -0.2) is 55.3 Å². The van der Waals surface area contributed by atoms with Crippen LogP contribution in [0.1, 0.15) is 45.4 Å². The van der Waals surface area contributed by atoms with E-state index in [1.807, 2.05) is 35.2 Å². The number of unbranched alkanes of at least 4 members (excludes halogenated alkanes) is 5. The van der Waals surface area contributed by atoms with Crippen LogP contribution in [-0.2, 0) is 10.0 Å². The second-order valence-electron chi connectivity index (χ2n) is 8.85. The van der Waals surface area contributed by atoms with Gasteiger partial charge in [-0.2, -0.15) is 14.1 Å². The molecule has 0 N–H and O–H groups in total. The third-order valence-electron chi connectivity index (χ3n) is 6.33. The Kier molecular flexibility index (Phi) is 9.17. The molecule has 0 amide bonds. The van der Waals surface area contributed by atoms with Crippen molar-refractivity contribution in [2.24, 2.45) is 0 Å². The summed E-state index contributed by atoms with van der Waals surface area (Å²) in [6.45, 7) is 4.23. The molecule has 1 fully saturated rings. The van der Waals surface area contributed by atoms with E-state index >= 15 is 0 Å². The lowest BCUT2D eigenvalue weighted by Crippen LogP contribution is -2.49. The van der Waals surface area contributed by atoms with Gasteiger partial charge in [-0.3, -0.25) is 4.79 Å². The summed E-state index contributed by atoms with van der Waals surface area (Å²) >= 11 is 1.22. The van der Waals surface area contributed by atoms with Gasteiger partial charge in [-0.05, 0) is 30.0 Å². The average molecular weight is 531 g/mol. The second-order valence-corrected chi connectivity index (χ2v) is 12.0. The number of anilines is 1. The van der Waals surface area contributed by atoms with Gasteiger partial charge in [0.05, 0.1) is 18.5 Å². The third kappa shape index (κ3) is 6.16. The minimum atomic E-state index is -3.50. The number of para-hydroxylation sites is 1. The molecule has 2 aromatic heterocycles. The third-order valence-corrected chi connectivity index (χ3v) is 9.60. The predicted octanol–water partition coefficient (Wildman–Crippen LogP) is 4.54. The SMILES string of the molecule is CCCCCCCCOc1c(N2CCN(S(=O)(=O)c3cccs3)CC2)cnn(-c2ccccc2)c1=O. The Bertz CT molecular complexity index is 1250. The van der Waals surface area contributed by atoms with E-state index in [2.05, 4.69) is 12.0 Å². The molecule has 0 radical (unpaired) electrons. The van der Waals surface area contributed by atoms with Gasteiger partial charge in [-0.1, -0.05) is 63.3 Å². The maximum atomic E-state index is 13.5. The summed E-state index contributed by atoms with van der Waals surface area (Å²) in [6, 6.07) is 12.7. The zero-order valence-corrected chi connectivity index (χ0v) is 22.3. The minimum absolute atomic E-state index is 0.275. The molecule has 0 unspecified atom stereocenters. The predicted molar refractivity (Wildman–Crippen MR) is 144 cm³/mol. The first-order valence-electron chi connectivity index (χ1n) is 12.6. The van der Waals surface area contributed by atoms with Crippen LogP contribution in [0.2, 0.25) is 0 Å². The zero-order valence-electron chi connectivity index (χ0n) is 20.7. The van der Waals surface area contributed by atoms with Crippen LogP contribution in [0.5, 0.6) is 5.75 Å². The molecule has 3 heterocycles. The Hall–Kier alpha value is -2.69. The molecule has 3 aromatic rings. The van der Waals surface area contributed by atoms with Gasteiger partial charge in [0, 0.05) is 26.2 Å². The van der Waals surface area contributed by atoms with E-state index < -0.39 is 10.0 Å². The highest BCUT2D eigenvalue weighted by atomic mass is 32.2. The van der Waals surface area contributed by atoms with E-state index in [1.54, 1.807) is 23.7 Å². The summed E-state index contributed by atoms with van der Waals surface area (Å²) < 4.78 is 35.1. The zero-order chi connectivity index (χ0) is 25.4. The molecular weight excluding hydrogens is 496 g/mol. The van der Waals surface area contributed by atoms with Gasteiger partial charge < -0.3 is 9.64 Å². The maximum Gasteiger partial charge on any atom is 0.316 e. The summed E-state index contributed by atoms with van der Waals surface area (Å²) in [5.74, 6) is 0.275. The molecular formula is C26H34N4O4S2. The summed E-state index contributed by atoms with van der Waals surface area (Å²) in [7, 11) is -3.50. The fourth-order valence-electron chi connectivity index (χ4n) is 4.31. The van der Waals surface area contributed by atoms with Crippen molar-refractivity contribution in [1.29, 1.82) is 0 Å². The van der Waals surface area contributed by atoms with Crippen LogP contribution in [0.3, 0.4) is 0 Å². The number of ether oxygens (including phenoxy) is 1. The van der Waals surface area contributed by atoms with Crippen LogP contribution in [0, 0.1) is 0 Å². The number of rotatable bonds is 12.